The lowest BCUT2D eigenvalue weighted by atomic mass is 9.96. The van der Waals surface area contributed by atoms with E-state index in [1.165, 1.54) is 6.07 Å². The highest BCUT2D eigenvalue weighted by atomic mass is 16.5. The number of amides is 1. The first-order valence-electron chi connectivity index (χ1n) is 8.43. The van der Waals surface area contributed by atoms with E-state index in [1.54, 1.807) is 38.6 Å². The summed E-state index contributed by atoms with van der Waals surface area (Å²) >= 11 is 0. The Morgan fingerprint density at radius 1 is 1.27 bits per heavy atom. The summed E-state index contributed by atoms with van der Waals surface area (Å²) in [6.45, 7) is 1.34. The van der Waals surface area contributed by atoms with Gasteiger partial charge in [-0.15, -0.1) is 0 Å². The number of anilines is 2. The van der Waals surface area contributed by atoms with E-state index >= 15 is 0 Å². The number of hydrogen-bond acceptors (Lipinski definition) is 6. The van der Waals surface area contributed by atoms with Crippen molar-refractivity contribution in [2.75, 3.05) is 37.5 Å². The molecule has 2 aromatic rings. The average molecular weight is 358 g/mol. The van der Waals surface area contributed by atoms with Crippen molar-refractivity contribution in [2.45, 2.75) is 12.8 Å². The molecule has 1 aliphatic rings. The van der Waals surface area contributed by atoms with Crippen LogP contribution in [0.5, 0.6) is 11.5 Å². The number of H-pyrrole nitrogens is 1. The number of aromatic amines is 1. The van der Waals surface area contributed by atoms with Crippen LogP contribution in [0.3, 0.4) is 0 Å². The summed E-state index contributed by atoms with van der Waals surface area (Å²) in [4.78, 5) is 26.1. The van der Waals surface area contributed by atoms with Crippen molar-refractivity contribution in [1.29, 1.82) is 0 Å². The van der Waals surface area contributed by atoms with Crippen LogP contribution < -0.4 is 25.2 Å². The number of carbonyl (C=O) groups excluding carboxylic acids is 1. The molecule has 8 nitrogen and oxygen atoms in total. The summed E-state index contributed by atoms with van der Waals surface area (Å²) in [7, 11) is 3.12. The summed E-state index contributed by atoms with van der Waals surface area (Å²) in [5.74, 6) is 0.942. The van der Waals surface area contributed by atoms with Crippen molar-refractivity contribution in [3.63, 3.8) is 0 Å². The van der Waals surface area contributed by atoms with Gasteiger partial charge in [0.15, 0.2) is 11.5 Å². The fraction of sp³-hybridized carbons (Fsp3) is 0.389. The highest BCUT2D eigenvalue weighted by molar-refractivity contribution is 5.93. The Balaban J connectivity index is 1.69. The number of rotatable bonds is 5. The third-order valence-electron chi connectivity index (χ3n) is 4.46. The molecule has 1 amide bonds. The standard InChI is InChI=1S/C18H22N4O4/c1-25-15-6-5-13(8-16(15)26-2)20-18(24)12-4-3-7-22(11-12)14-9-17(23)21-19-10-14/h5-6,8-10,12H,3-4,7,11H2,1-2H3,(H,20,24)(H,21,23). The first kappa shape index (κ1) is 17.8. The van der Waals surface area contributed by atoms with Crippen molar-refractivity contribution in [1.82, 2.24) is 10.2 Å². The number of piperidine rings is 1. The lowest BCUT2D eigenvalue weighted by molar-refractivity contribution is -0.120. The van der Waals surface area contributed by atoms with Gasteiger partial charge in [-0.25, -0.2) is 5.10 Å². The second kappa shape index (κ2) is 7.90. The number of nitrogens with one attached hydrogen (secondary N) is 2. The van der Waals surface area contributed by atoms with Crippen molar-refractivity contribution in [3.8, 4) is 11.5 Å². The molecular formula is C18H22N4O4. The van der Waals surface area contributed by atoms with Gasteiger partial charge < -0.3 is 19.7 Å². The zero-order valence-corrected chi connectivity index (χ0v) is 14.8. The maximum absolute atomic E-state index is 12.7. The Morgan fingerprint density at radius 3 is 2.81 bits per heavy atom. The highest BCUT2D eigenvalue weighted by Crippen LogP contribution is 2.30. The van der Waals surface area contributed by atoms with Gasteiger partial charge in [-0.2, -0.15) is 5.10 Å². The van der Waals surface area contributed by atoms with Gasteiger partial charge in [-0.05, 0) is 25.0 Å². The molecular weight excluding hydrogens is 336 g/mol. The van der Waals surface area contributed by atoms with Crippen LogP contribution in [0.1, 0.15) is 12.8 Å². The molecule has 8 heteroatoms. The molecule has 1 aliphatic heterocycles. The first-order valence-corrected chi connectivity index (χ1v) is 8.43. The van der Waals surface area contributed by atoms with Gasteiger partial charge in [-0.3, -0.25) is 9.59 Å². The maximum atomic E-state index is 12.7. The van der Waals surface area contributed by atoms with Crippen LogP contribution in [0.25, 0.3) is 0 Å². The van der Waals surface area contributed by atoms with E-state index in [2.05, 4.69) is 15.5 Å². The third-order valence-corrected chi connectivity index (χ3v) is 4.46. The molecule has 1 fully saturated rings. The van der Waals surface area contributed by atoms with E-state index in [9.17, 15) is 9.59 Å². The van der Waals surface area contributed by atoms with Gasteiger partial charge in [0.1, 0.15) is 0 Å². The normalized spacial score (nSPS) is 16.8. The summed E-state index contributed by atoms with van der Waals surface area (Å²) in [6, 6.07) is 6.77. The Bertz CT molecular complexity index is 836. The number of nitrogens with zero attached hydrogens (tertiary/aromatic N) is 2. The first-order chi connectivity index (χ1) is 12.6. The largest absolute Gasteiger partial charge is 0.493 e. The predicted molar refractivity (Wildman–Crippen MR) is 98.0 cm³/mol. The van der Waals surface area contributed by atoms with E-state index in [0.29, 0.717) is 23.7 Å². The SMILES string of the molecule is COc1ccc(NC(=O)C2CCCN(c3cn[nH]c(=O)c3)C2)cc1OC. The highest BCUT2D eigenvalue weighted by Gasteiger charge is 2.26. The molecule has 0 saturated carbocycles. The molecule has 26 heavy (non-hydrogen) atoms. The zero-order valence-electron chi connectivity index (χ0n) is 14.8. The Labute approximate surface area is 151 Å². The minimum atomic E-state index is -0.251. The maximum Gasteiger partial charge on any atom is 0.266 e. The van der Waals surface area contributed by atoms with Crippen molar-refractivity contribution >= 4 is 17.3 Å². The van der Waals surface area contributed by atoms with Crippen molar-refractivity contribution in [3.05, 3.63) is 40.8 Å². The Hall–Kier alpha value is -3.03. The number of aromatic nitrogens is 2. The lowest BCUT2D eigenvalue weighted by Crippen LogP contribution is -2.41. The monoisotopic (exact) mass is 358 g/mol. The van der Waals surface area contributed by atoms with E-state index in [0.717, 1.165) is 25.1 Å². The Morgan fingerprint density at radius 2 is 2.08 bits per heavy atom. The predicted octanol–water partition coefficient (Wildman–Crippen LogP) is 1.64. The average Bonchev–Trinajstić information content (AvgIpc) is 2.68. The van der Waals surface area contributed by atoms with Crippen molar-refractivity contribution < 1.29 is 14.3 Å². The molecule has 0 aliphatic carbocycles. The molecule has 2 N–H and O–H groups in total. The van der Waals surface area contributed by atoms with Gasteiger partial charge in [0.25, 0.3) is 5.56 Å². The van der Waals surface area contributed by atoms with Crippen LogP contribution in [0.4, 0.5) is 11.4 Å². The molecule has 0 spiro atoms. The number of benzene rings is 1. The summed E-state index contributed by atoms with van der Waals surface area (Å²) < 4.78 is 10.5. The van der Waals surface area contributed by atoms with Crippen LogP contribution in [0.2, 0.25) is 0 Å². The van der Waals surface area contributed by atoms with Gasteiger partial charge in [0.05, 0.1) is 32.0 Å². The topological polar surface area (TPSA) is 96.5 Å². The molecule has 1 aromatic carbocycles. The minimum absolute atomic E-state index is 0.0558. The minimum Gasteiger partial charge on any atom is -0.493 e. The molecule has 0 bridgehead atoms. The smallest absolute Gasteiger partial charge is 0.266 e. The molecule has 1 unspecified atom stereocenters. The number of carbonyl (C=O) groups is 1. The number of methoxy groups -OCH3 is 2. The summed E-state index contributed by atoms with van der Waals surface area (Å²) in [5, 5.41) is 9.13. The van der Waals surface area contributed by atoms with Crippen LogP contribution in [0.15, 0.2) is 35.3 Å². The number of hydrogen-bond donors (Lipinski definition) is 2. The van der Waals surface area contributed by atoms with E-state index in [-0.39, 0.29) is 17.4 Å². The zero-order chi connectivity index (χ0) is 18.5. The van der Waals surface area contributed by atoms with Gasteiger partial charge in [-0.1, -0.05) is 0 Å². The number of ether oxygens (including phenoxy) is 2. The summed E-state index contributed by atoms with van der Waals surface area (Å²) in [5.41, 5.74) is 1.14. The third kappa shape index (κ3) is 3.96. The molecule has 1 aromatic heterocycles. The van der Waals surface area contributed by atoms with Gasteiger partial charge in [0.2, 0.25) is 5.91 Å². The van der Waals surface area contributed by atoms with Crippen molar-refractivity contribution in [2.24, 2.45) is 5.92 Å². The van der Waals surface area contributed by atoms with E-state index in [1.807, 2.05) is 4.90 Å². The second-order valence-corrected chi connectivity index (χ2v) is 6.15. The van der Waals surface area contributed by atoms with Gasteiger partial charge in [0, 0.05) is 30.9 Å². The van der Waals surface area contributed by atoms with Gasteiger partial charge >= 0.3 is 0 Å². The molecule has 3 rings (SSSR count). The lowest BCUT2D eigenvalue weighted by Gasteiger charge is -2.33. The van der Waals surface area contributed by atoms with Crippen LogP contribution in [-0.2, 0) is 4.79 Å². The second-order valence-electron chi connectivity index (χ2n) is 6.15. The quantitative estimate of drug-likeness (QED) is 0.843. The van der Waals surface area contributed by atoms with E-state index < -0.39 is 0 Å². The molecule has 0 radical (unpaired) electrons. The fourth-order valence-electron chi connectivity index (χ4n) is 3.12. The van der Waals surface area contributed by atoms with Crippen LogP contribution in [-0.4, -0.2) is 43.4 Å². The fourth-order valence-corrected chi connectivity index (χ4v) is 3.12. The summed E-state index contributed by atoms with van der Waals surface area (Å²) in [6.07, 6.45) is 3.28. The molecule has 138 valence electrons. The Kier molecular flexibility index (Phi) is 5.40. The molecule has 1 saturated heterocycles. The molecule has 2 heterocycles. The molecule has 1 atom stereocenters. The van der Waals surface area contributed by atoms with E-state index in [4.69, 9.17) is 9.47 Å². The van der Waals surface area contributed by atoms with Crippen LogP contribution in [0, 0.1) is 5.92 Å². The van der Waals surface area contributed by atoms with Crippen LogP contribution >= 0.6 is 0 Å².